The number of carbonyl (C=O) groups is 3. The molecule has 0 aliphatic carbocycles. The summed E-state index contributed by atoms with van der Waals surface area (Å²) >= 11 is 1.37. The first-order chi connectivity index (χ1) is 13.9. The number of carboxylic acids is 1. The van der Waals surface area contributed by atoms with Gasteiger partial charge >= 0.3 is 5.97 Å². The van der Waals surface area contributed by atoms with Crippen LogP contribution in [0.15, 0.2) is 59.5 Å². The molecule has 3 N–H and O–H groups in total. The zero-order valence-corrected chi connectivity index (χ0v) is 16.2. The Kier molecular flexibility index (Phi) is 6.40. The molecule has 0 bridgehead atoms. The van der Waals surface area contributed by atoms with Gasteiger partial charge in [-0.2, -0.15) is 0 Å². The highest BCUT2D eigenvalue weighted by atomic mass is 32.2. The van der Waals surface area contributed by atoms with Crippen molar-refractivity contribution >= 4 is 40.9 Å². The second-order valence-electron chi connectivity index (χ2n) is 6.00. The molecule has 1 atom stereocenters. The second-order valence-corrected chi connectivity index (χ2v) is 7.42. The lowest BCUT2D eigenvalue weighted by Gasteiger charge is -2.13. The molecule has 0 radical (unpaired) electrons. The molecule has 1 aliphatic rings. The molecule has 2 aromatic carbocycles. The molecule has 150 valence electrons. The number of amides is 2. The maximum atomic E-state index is 12.4. The van der Waals surface area contributed by atoms with Gasteiger partial charge in [0.05, 0.1) is 5.25 Å². The minimum atomic E-state index is -1.19. The number of fused-ring (bicyclic) bond motifs is 1. The first-order valence-corrected chi connectivity index (χ1v) is 9.48. The largest absolute Gasteiger partial charge is 0.478 e. The average molecular weight is 414 g/mol. The summed E-state index contributed by atoms with van der Waals surface area (Å²) in [5.74, 6) is -0.649. The van der Waals surface area contributed by atoms with Crippen LogP contribution in [-0.4, -0.2) is 34.9 Å². The number of aliphatic carboxylic acids is 1. The average Bonchev–Trinajstić information content (AvgIpc) is 3.15. The maximum Gasteiger partial charge on any atom is 0.328 e. The monoisotopic (exact) mass is 414 g/mol. The summed E-state index contributed by atoms with van der Waals surface area (Å²) < 4.78 is 10.5. The van der Waals surface area contributed by atoms with Crippen molar-refractivity contribution in [3.05, 3.63) is 54.6 Å². The molecule has 8 nitrogen and oxygen atoms in total. The number of anilines is 2. The number of ether oxygens (including phenoxy) is 2. The van der Waals surface area contributed by atoms with Gasteiger partial charge in [0.2, 0.25) is 18.6 Å². The van der Waals surface area contributed by atoms with Gasteiger partial charge in [-0.15, -0.1) is 11.8 Å². The molecule has 3 rings (SSSR count). The lowest BCUT2D eigenvalue weighted by atomic mass is 10.2. The number of hydrogen-bond donors (Lipinski definition) is 3. The summed E-state index contributed by atoms with van der Waals surface area (Å²) in [6, 6.07) is 12.1. The standard InChI is InChI=1S/C20H18N2O6S/c1-12(20(26)22-14-4-7-16-17(10-14)28-11-27-16)29-15-5-2-13(3-6-15)21-18(23)8-9-19(24)25/h2-10,12H,11H2,1H3,(H,21,23)(H,22,26)(H,24,25)/b9-8+. The van der Waals surface area contributed by atoms with Gasteiger partial charge in [-0.3, -0.25) is 9.59 Å². The minimum Gasteiger partial charge on any atom is -0.478 e. The van der Waals surface area contributed by atoms with Crippen LogP contribution in [0.5, 0.6) is 11.5 Å². The topological polar surface area (TPSA) is 114 Å². The molecule has 0 spiro atoms. The molecule has 0 fully saturated rings. The third-order valence-electron chi connectivity index (χ3n) is 3.82. The molecule has 0 saturated carbocycles. The van der Waals surface area contributed by atoms with Crippen LogP contribution in [-0.2, 0) is 14.4 Å². The van der Waals surface area contributed by atoms with Gasteiger partial charge in [0.15, 0.2) is 11.5 Å². The van der Waals surface area contributed by atoms with Crippen molar-refractivity contribution in [1.29, 1.82) is 0 Å². The van der Waals surface area contributed by atoms with Crippen LogP contribution in [0.4, 0.5) is 11.4 Å². The number of benzene rings is 2. The highest BCUT2D eigenvalue weighted by Crippen LogP contribution is 2.34. The fraction of sp³-hybridized carbons (Fsp3) is 0.150. The van der Waals surface area contributed by atoms with Gasteiger partial charge in [0, 0.05) is 34.5 Å². The summed E-state index contributed by atoms with van der Waals surface area (Å²) in [5.41, 5.74) is 1.14. The van der Waals surface area contributed by atoms with E-state index in [1.807, 2.05) is 0 Å². The Bertz CT molecular complexity index is 958. The van der Waals surface area contributed by atoms with Crippen LogP contribution in [0.25, 0.3) is 0 Å². The number of rotatable bonds is 7. The molecule has 1 heterocycles. The lowest BCUT2D eigenvalue weighted by Crippen LogP contribution is -2.22. The van der Waals surface area contributed by atoms with E-state index in [0.29, 0.717) is 22.9 Å². The number of carbonyl (C=O) groups excluding carboxylic acids is 2. The van der Waals surface area contributed by atoms with Crippen molar-refractivity contribution < 1.29 is 29.0 Å². The van der Waals surface area contributed by atoms with E-state index >= 15 is 0 Å². The lowest BCUT2D eigenvalue weighted by molar-refractivity contribution is -0.131. The predicted octanol–water partition coefficient (Wildman–Crippen LogP) is 3.11. The van der Waals surface area contributed by atoms with Crippen molar-refractivity contribution in [2.45, 2.75) is 17.1 Å². The van der Waals surface area contributed by atoms with Gasteiger partial charge in [-0.25, -0.2) is 4.79 Å². The molecule has 2 aromatic rings. The van der Waals surface area contributed by atoms with E-state index in [4.69, 9.17) is 14.6 Å². The van der Waals surface area contributed by atoms with Gasteiger partial charge < -0.3 is 25.2 Å². The fourth-order valence-corrected chi connectivity index (χ4v) is 3.29. The van der Waals surface area contributed by atoms with E-state index in [-0.39, 0.29) is 18.0 Å². The molecule has 0 saturated heterocycles. The van der Waals surface area contributed by atoms with Crippen LogP contribution < -0.4 is 20.1 Å². The number of hydrogen-bond acceptors (Lipinski definition) is 6. The second kappa shape index (κ2) is 9.16. The Morgan fingerprint density at radius 3 is 2.41 bits per heavy atom. The van der Waals surface area contributed by atoms with Gasteiger partial charge in [-0.05, 0) is 43.3 Å². The van der Waals surface area contributed by atoms with Crippen molar-refractivity contribution in [1.82, 2.24) is 0 Å². The van der Waals surface area contributed by atoms with E-state index in [9.17, 15) is 14.4 Å². The molecule has 29 heavy (non-hydrogen) atoms. The highest BCUT2D eigenvalue weighted by Gasteiger charge is 2.17. The Morgan fingerprint density at radius 1 is 1.00 bits per heavy atom. The molecular weight excluding hydrogens is 396 g/mol. The summed E-state index contributed by atoms with van der Waals surface area (Å²) in [6.07, 6.45) is 1.70. The van der Waals surface area contributed by atoms with Crippen LogP contribution in [0.3, 0.4) is 0 Å². The first-order valence-electron chi connectivity index (χ1n) is 8.60. The van der Waals surface area contributed by atoms with E-state index in [0.717, 1.165) is 17.0 Å². The zero-order chi connectivity index (χ0) is 20.8. The minimum absolute atomic E-state index is 0.162. The predicted molar refractivity (Wildman–Crippen MR) is 108 cm³/mol. The SMILES string of the molecule is CC(Sc1ccc(NC(=O)/C=C/C(=O)O)cc1)C(=O)Nc1ccc2c(c1)OCO2. The molecule has 9 heteroatoms. The third-order valence-corrected chi connectivity index (χ3v) is 4.93. The van der Waals surface area contributed by atoms with Gasteiger partial charge in [-0.1, -0.05) is 0 Å². The smallest absolute Gasteiger partial charge is 0.328 e. The van der Waals surface area contributed by atoms with E-state index < -0.39 is 11.9 Å². The Balaban J connectivity index is 1.53. The normalized spacial score (nSPS) is 13.1. The first kappa shape index (κ1) is 20.3. The maximum absolute atomic E-state index is 12.4. The van der Waals surface area contributed by atoms with Gasteiger partial charge in [0.25, 0.3) is 0 Å². The van der Waals surface area contributed by atoms with Crippen molar-refractivity contribution in [3.8, 4) is 11.5 Å². The summed E-state index contributed by atoms with van der Waals surface area (Å²) in [5, 5.41) is 13.6. The van der Waals surface area contributed by atoms with Crippen LogP contribution in [0.2, 0.25) is 0 Å². The molecular formula is C20H18N2O6S. The van der Waals surface area contributed by atoms with Crippen LogP contribution in [0, 0.1) is 0 Å². The molecule has 0 aromatic heterocycles. The highest BCUT2D eigenvalue weighted by molar-refractivity contribution is 8.00. The zero-order valence-electron chi connectivity index (χ0n) is 15.4. The van der Waals surface area contributed by atoms with Crippen LogP contribution in [0.1, 0.15) is 6.92 Å². The third kappa shape index (κ3) is 5.76. The fourth-order valence-electron chi connectivity index (χ4n) is 2.42. The summed E-state index contributed by atoms with van der Waals surface area (Å²) in [7, 11) is 0. The number of carboxylic acid groups (broad SMARTS) is 1. The Morgan fingerprint density at radius 2 is 1.69 bits per heavy atom. The van der Waals surface area contributed by atoms with Gasteiger partial charge in [0.1, 0.15) is 0 Å². The molecule has 1 unspecified atom stereocenters. The molecule has 1 aliphatic heterocycles. The Hall–Kier alpha value is -3.46. The summed E-state index contributed by atoms with van der Waals surface area (Å²) in [4.78, 5) is 35.3. The van der Waals surface area contributed by atoms with E-state index in [1.165, 1.54) is 11.8 Å². The van der Waals surface area contributed by atoms with Crippen molar-refractivity contribution in [2.75, 3.05) is 17.4 Å². The Labute approximate surface area is 170 Å². The van der Waals surface area contributed by atoms with Crippen molar-refractivity contribution in [3.63, 3.8) is 0 Å². The number of nitrogens with one attached hydrogen (secondary N) is 2. The number of thioether (sulfide) groups is 1. The quantitative estimate of drug-likeness (QED) is 0.471. The van der Waals surface area contributed by atoms with Crippen LogP contribution >= 0.6 is 11.8 Å². The van der Waals surface area contributed by atoms with Crippen molar-refractivity contribution in [2.24, 2.45) is 0 Å². The van der Waals surface area contributed by atoms with E-state index in [1.54, 1.807) is 49.4 Å². The summed E-state index contributed by atoms with van der Waals surface area (Å²) in [6.45, 7) is 1.96. The van der Waals surface area contributed by atoms with E-state index in [2.05, 4.69) is 10.6 Å². The molecule has 2 amide bonds.